The fourth-order valence-electron chi connectivity index (χ4n) is 3.22. The number of aryl methyl sites for hydroxylation is 1. The molecule has 0 spiro atoms. The van der Waals surface area contributed by atoms with Gasteiger partial charge in [0.05, 0.1) is 17.6 Å². The number of rotatable bonds is 6. The summed E-state index contributed by atoms with van der Waals surface area (Å²) in [5.41, 5.74) is 2.71. The quantitative estimate of drug-likeness (QED) is 0.365. The highest BCUT2D eigenvalue weighted by Gasteiger charge is 2.38. The number of carbonyl (C=O) groups is 1. The Morgan fingerprint density at radius 2 is 1.64 bits per heavy atom. The maximum atomic E-state index is 13.1. The molecule has 0 atom stereocenters. The summed E-state index contributed by atoms with van der Waals surface area (Å²) >= 11 is 0. The number of ether oxygens (including phenoxy) is 1. The van der Waals surface area contributed by atoms with Gasteiger partial charge in [-0.2, -0.15) is 13.2 Å². The van der Waals surface area contributed by atoms with E-state index in [4.69, 9.17) is 19.6 Å². The van der Waals surface area contributed by atoms with Gasteiger partial charge < -0.3 is 14.4 Å². The van der Waals surface area contributed by atoms with Crippen LogP contribution in [0.2, 0.25) is 0 Å². The fraction of sp³-hybridized carbons (Fsp3) is 0.217. The molecule has 0 unspecified atom stereocenters. The monoisotopic (exact) mass is 466 g/mol. The molecule has 5 nitrogen and oxygen atoms in total. The van der Waals surface area contributed by atoms with Crippen LogP contribution in [0.1, 0.15) is 0 Å². The minimum Gasteiger partial charge on any atom is -0.491 e. The Bertz CT molecular complexity index is 1250. The van der Waals surface area contributed by atoms with E-state index in [9.17, 15) is 22.0 Å². The number of benzene rings is 3. The SMILES string of the molecule is FCCOc1ccc2cc(-c3nc4ccccc4n3CCF)ccc2c1.O=C(O)C(F)(F)F. The van der Waals surface area contributed by atoms with Gasteiger partial charge in [0.2, 0.25) is 0 Å². The van der Waals surface area contributed by atoms with Gasteiger partial charge in [0, 0.05) is 5.56 Å². The topological polar surface area (TPSA) is 64.4 Å². The van der Waals surface area contributed by atoms with E-state index >= 15 is 0 Å². The highest BCUT2D eigenvalue weighted by molar-refractivity contribution is 5.89. The Labute approximate surface area is 185 Å². The number of alkyl halides is 5. The highest BCUT2D eigenvalue weighted by Crippen LogP contribution is 2.29. The summed E-state index contributed by atoms with van der Waals surface area (Å²) in [7, 11) is 0. The van der Waals surface area contributed by atoms with Crippen LogP contribution in [0.15, 0.2) is 60.7 Å². The molecular formula is C23H19F5N2O3. The number of hydrogen-bond acceptors (Lipinski definition) is 3. The van der Waals surface area contributed by atoms with Gasteiger partial charge in [0.15, 0.2) is 0 Å². The lowest BCUT2D eigenvalue weighted by molar-refractivity contribution is -0.192. The third-order valence-electron chi connectivity index (χ3n) is 4.62. The zero-order valence-electron chi connectivity index (χ0n) is 17.1. The average Bonchev–Trinajstić information content (AvgIpc) is 3.16. The third-order valence-corrected chi connectivity index (χ3v) is 4.62. The molecule has 0 aliphatic rings. The van der Waals surface area contributed by atoms with Crippen molar-refractivity contribution in [3.05, 3.63) is 60.7 Å². The summed E-state index contributed by atoms with van der Waals surface area (Å²) < 4.78 is 64.3. The zero-order chi connectivity index (χ0) is 24.0. The van der Waals surface area contributed by atoms with Crippen molar-refractivity contribution in [3.63, 3.8) is 0 Å². The number of carboxylic acids is 1. The Morgan fingerprint density at radius 3 is 2.30 bits per heavy atom. The molecule has 0 amide bonds. The molecule has 1 N–H and O–H groups in total. The molecule has 4 aromatic rings. The lowest BCUT2D eigenvalue weighted by Crippen LogP contribution is -2.21. The molecule has 0 fully saturated rings. The van der Waals surface area contributed by atoms with Crippen LogP contribution in [0.25, 0.3) is 33.2 Å². The number of carboxylic acid groups (broad SMARTS) is 1. The Kier molecular flexibility index (Phi) is 7.47. The largest absolute Gasteiger partial charge is 0.491 e. The molecule has 3 aromatic carbocycles. The standard InChI is InChI=1S/C21H18F2N2O.C2HF3O2/c22-9-11-25-20-4-2-1-3-19(20)24-21(25)17-6-5-16-14-18(26-12-10-23)8-7-15(16)13-17;3-2(4,5)1(6)7/h1-8,13-14H,9-12H2;(H,6,7). The molecule has 10 heteroatoms. The van der Waals surface area contributed by atoms with Gasteiger partial charge >= 0.3 is 12.1 Å². The normalized spacial score (nSPS) is 11.3. The van der Waals surface area contributed by atoms with Crippen LogP contribution < -0.4 is 4.74 Å². The minimum atomic E-state index is -5.08. The highest BCUT2D eigenvalue weighted by atomic mass is 19.4. The maximum absolute atomic E-state index is 13.1. The number of fused-ring (bicyclic) bond motifs is 2. The molecule has 1 heterocycles. The van der Waals surface area contributed by atoms with Crippen molar-refractivity contribution < 1.29 is 36.6 Å². The molecule has 174 valence electrons. The number of aliphatic carboxylic acids is 1. The lowest BCUT2D eigenvalue weighted by Gasteiger charge is -2.09. The number of aromatic nitrogens is 2. The number of nitrogens with zero attached hydrogens (tertiary/aromatic N) is 2. The van der Waals surface area contributed by atoms with Crippen LogP contribution in [0.5, 0.6) is 5.75 Å². The number of hydrogen-bond donors (Lipinski definition) is 1. The van der Waals surface area contributed by atoms with Crippen molar-refractivity contribution in [2.24, 2.45) is 0 Å². The number of para-hydroxylation sites is 2. The number of halogens is 5. The summed E-state index contributed by atoms with van der Waals surface area (Å²) in [5.74, 6) is -1.36. The van der Waals surface area contributed by atoms with Gasteiger partial charge in [-0.3, -0.25) is 0 Å². The minimum absolute atomic E-state index is 0.0524. The second kappa shape index (κ2) is 10.3. The van der Waals surface area contributed by atoms with E-state index in [-0.39, 0.29) is 13.2 Å². The summed E-state index contributed by atoms with van der Waals surface area (Å²) in [6.07, 6.45) is -5.08. The average molecular weight is 466 g/mol. The first kappa shape index (κ1) is 24.0. The van der Waals surface area contributed by atoms with Crippen LogP contribution in [0, 0.1) is 0 Å². The molecule has 0 aliphatic heterocycles. The van der Waals surface area contributed by atoms with Gasteiger partial charge in [-0.05, 0) is 41.1 Å². The first-order chi connectivity index (χ1) is 15.7. The Hall–Kier alpha value is -3.69. The van der Waals surface area contributed by atoms with Crippen LogP contribution in [0.4, 0.5) is 22.0 Å². The van der Waals surface area contributed by atoms with Crippen LogP contribution in [-0.4, -0.2) is 46.8 Å². The summed E-state index contributed by atoms with van der Waals surface area (Å²) in [5, 5.41) is 9.15. The summed E-state index contributed by atoms with van der Waals surface area (Å²) in [6.45, 7) is -0.640. The van der Waals surface area contributed by atoms with Crippen LogP contribution >= 0.6 is 0 Å². The summed E-state index contributed by atoms with van der Waals surface area (Å²) in [4.78, 5) is 13.6. The number of imidazole rings is 1. The fourth-order valence-corrected chi connectivity index (χ4v) is 3.22. The van der Waals surface area contributed by atoms with Gasteiger partial charge in [-0.1, -0.05) is 30.3 Å². The van der Waals surface area contributed by atoms with Gasteiger partial charge in [-0.15, -0.1) is 0 Å². The molecule has 0 saturated carbocycles. The third kappa shape index (κ3) is 5.76. The second-order valence-electron chi connectivity index (χ2n) is 6.83. The van der Waals surface area contributed by atoms with Crippen molar-refractivity contribution in [2.75, 3.05) is 20.0 Å². The van der Waals surface area contributed by atoms with E-state index in [1.807, 2.05) is 65.2 Å². The Morgan fingerprint density at radius 1 is 0.970 bits per heavy atom. The van der Waals surface area contributed by atoms with Gasteiger partial charge in [0.25, 0.3) is 0 Å². The molecule has 0 bridgehead atoms. The summed E-state index contributed by atoms with van der Waals surface area (Å²) in [6, 6.07) is 19.4. The van der Waals surface area contributed by atoms with E-state index < -0.39 is 25.5 Å². The first-order valence-electron chi connectivity index (χ1n) is 9.79. The molecule has 0 saturated heterocycles. The molecule has 33 heavy (non-hydrogen) atoms. The van der Waals surface area contributed by atoms with Crippen LogP contribution in [-0.2, 0) is 11.3 Å². The van der Waals surface area contributed by atoms with E-state index in [2.05, 4.69) is 0 Å². The van der Waals surface area contributed by atoms with E-state index in [0.29, 0.717) is 5.75 Å². The van der Waals surface area contributed by atoms with Gasteiger partial charge in [-0.25, -0.2) is 18.6 Å². The van der Waals surface area contributed by atoms with Crippen molar-refractivity contribution in [1.82, 2.24) is 9.55 Å². The van der Waals surface area contributed by atoms with E-state index in [0.717, 1.165) is 33.2 Å². The van der Waals surface area contributed by atoms with Crippen molar-refractivity contribution in [3.8, 4) is 17.1 Å². The zero-order valence-corrected chi connectivity index (χ0v) is 17.1. The first-order valence-corrected chi connectivity index (χ1v) is 9.79. The van der Waals surface area contributed by atoms with Gasteiger partial charge in [0.1, 0.15) is 31.5 Å². The van der Waals surface area contributed by atoms with Crippen LogP contribution in [0.3, 0.4) is 0 Å². The molecule has 0 aliphatic carbocycles. The predicted molar refractivity (Wildman–Crippen MR) is 114 cm³/mol. The van der Waals surface area contributed by atoms with E-state index in [1.165, 1.54) is 0 Å². The van der Waals surface area contributed by atoms with Crippen molar-refractivity contribution in [1.29, 1.82) is 0 Å². The molecule has 0 radical (unpaired) electrons. The van der Waals surface area contributed by atoms with Crippen molar-refractivity contribution >= 4 is 27.8 Å². The second-order valence-corrected chi connectivity index (χ2v) is 6.83. The maximum Gasteiger partial charge on any atom is 0.490 e. The predicted octanol–water partition coefficient (Wildman–Crippen LogP) is 5.81. The molecular weight excluding hydrogens is 447 g/mol. The lowest BCUT2D eigenvalue weighted by atomic mass is 10.1. The smallest absolute Gasteiger partial charge is 0.490 e. The molecule has 1 aromatic heterocycles. The molecule has 4 rings (SSSR count). The van der Waals surface area contributed by atoms with Crippen molar-refractivity contribution in [2.45, 2.75) is 12.7 Å². The Balaban J connectivity index is 0.000000383. The van der Waals surface area contributed by atoms with E-state index in [1.54, 1.807) is 0 Å².